The van der Waals surface area contributed by atoms with E-state index >= 15 is 0 Å². The van der Waals surface area contributed by atoms with Crippen LogP contribution in [0, 0.1) is 0 Å². The first-order chi connectivity index (χ1) is 11.6. The van der Waals surface area contributed by atoms with Crippen LogP contribution in [0.15, 0.2) is 14.4 Å². The Labute approximate surface area is 140 Å². The Morgan fingerprint density at radius 3 is 1.96 bits per heavy atom. The Balaban J connectivity index is 1.74. The van der Waals surface area contributed by atoms with E-state index in [4.69, 9.17) is 0 Å². The molecule has 0 amide bonds. The van der Waals surface area contributed by atoms with Crippen LogP contribution in [0.2, 0.25) is 0 Å². The smallest absolute Gasteiger partial charge is 0.300 e. The summed E-state index contributed by atoms with van der Waals surface area (Å²) < 4.78 is 1.44. The van der Waals surface area contributed by atoms with E-state index in [9.17, 15) is 14.4 Å². The minimum absolute atomic E-state index is 0.131. The Kier molecular flexibility index (Phi) is 7.08. The summed E-state index contributed by atoms with van der Waals surface area (Å²) in [5.41, 5.74) is -1.10. The van der Waals surface area contributed by atoms with Crippen molar-refractivity contribution in [2.45, 2.75) is 77.7 Å². The number of hydrogen-bond acceptors (Lipinski definition) is 3. The number of nitrogens with one attached hydrogen (secondary N) is 3. The van der Waals surface area contributed by atoms with Crippen molar-refractivity contribution in [1.82, 2.24) is 19.5 Å². The summed E-state index contributed by atoms with van der Waals surface area (Å²) >= 11 is 0. The minimum Gasteiger partial charge on any atom is -0.300 e. The van der Waals surface area contributed by atoms with Crippen LogP contribution in [-0.2, 0) is 6.54 Å². The van der Waals surface area contributed by atoms with E-state index in [0.717, 1.165) is 19.3 Å². The van der Waals surface area contributed by atoms with Crippen molar-refractivity contribution in [2.75, 3.05) is 0 Å². The maximum absolute atomic E-state index is 11.9. The van der Waals surface area contributed by atoms with Crippen LogP contribution in [0.4, 0.5) is 0 Å². The zero-order valence-electron chi connectivity index (χ0n) is 14.5. The van der Waals surface area contributed by atoms with E-state index in [2.05, 4.69) is 21.9 Å². The largest absolute Gasteiger partial charge is 0.327 e. The molecule has 0 unspecified atom stereocenters. The molecule has 0 aliphatic heterocycles. The van der Waals surface area contributed by atoms with E-state index in [1.807, 2.05) is 0 Å². The Bertz CT molecular complexity index is 796. The van der Waals surface area contributed by atoms with Gasteiger partial charge in [0.05, 0.1) is 0 Å². The maximum atomic E-state index is 11.9. The molecule has 2 heterocycles. The summed E-state index contributed by atoms with van der Waals surface area (Å²) in [5, 5.41) is 0. The van der Waals surface area contributed by atoms with Crippen LogP contribution >= 0.6 is 0 Å². The molecule has 3 N–H and O–H groups in total. The van der Waals surface area contributed by atoms with Gasteiger partial charge in [0.15, 0.2) is 5.52 Å². The van der Waals surface area contributed by atoms with Gasteiger partial charge in [0.1, 0.15) is 5.65 Å². The van der Waals surface area contributed by atoms with Gasteiger partial charge in [0.2, 0.25) is 0 Å². The Morgan fingerprint density at radius 2 is 1.33 bits per heavy atom. The second-order valence-electron chi connectivity index (χ2n) is 6.40. The summed E-state index contributed by atoms with van der Waals surface area (Å²) in [6.45, 7) is 2.74. The lowest BCUT2D eigenvalue weighted by molar-refractivity contribution is 0.533. The molecule has 0 saturated carbocycles. The zero-order valence-corrected chi connectivity index (χ0v) is 14.5. The van der Waals surface area contributed by atoms with Crippen LogP contribution in [0.1, 0.15) is 71.1 Å². The Morgan fingerprint density at radius 1 is 0.750 bits per heavy atom. The third-order valence-electron chi connectivity index (χ3n) is 4.41. The molecular weight excluding hydrogens is 308 g/mol. The lowest BCUT2D eigenvalue weighted by Gasteiger charge is -2.04. The van der Waals surface area contributed by atoms with Gasteiger partial charge in [-0.1, -0.05) is 64.7 Å². The lowest BCUT2D eigenvalue weighted by atomic mass is 10.1. The average molecular weight is 336 g/mol. The molecule has 2 rings (SSSR count). The number of fused-ring (bicyclic) bond motifs is 1. The number of imidazole rings is 1. The van der Waals surface area contributed by atoms with Gasteiger partial charge in [-0.3, -0.25) is 24.3 Å². The third-order valence-corrected chi connectivity index (χ3v) is 4.41. The van der Waals surface area contributed by atoms with Gasteiger partial charge in [-0.2, -0.15) is 0 Å². The molecule has 2 aromatic heterocycles. The summed E-state index contributed by atoms with van der Waals surface area (Å²) in [4.78, 5) is 42.1. The molecule has 0 saturated heterocycles. The summed E-state index contributed by atoms with van der Waals surface area (Å²) in [6, 6.07) is 0. The predicted octanol–water partition coefficient (Wildman–Crippen LogP) is 2.63. The van der Waals surface area contributed by atoms with Crippen LogP contribution in [0.3, 0.4) is 0 Å². The highest BCUT2D eigenvalue weighted by Crippen LogP contribution is 2.11. The van der Waals surface area contributed by atoms with Crippen molar-refractivity contribution in [1.29, 1.82) is 0 Å². The highest BCUT2D eigenvalue weighted by Gasteiger charge is 2.10. The van der Waals surface area contributed by atoms with Crippen molar-refractivity contribution in [3.63, 3.8) is 0 Å². The molecular formula is C17H28N4O3. The van der Waals surface area contributed by atoms with Gasteiger partial charge in [0.25, 0.3) is 5.56 Å². The first-order valence-electron chi connectivity index (χ1n) is 9.08. The number of H-pyrrole nitrogens is 3. The van der Waals surface area contributed by atoms with Gasteiger partial charge < -0.3 is 0 Å². The highest BCUT2D eigenvalue weighted by atomic mass is 16.2. The summed E-state index contributed by atoms with van der Waals surface area (Å²) in [7, 11) is 0. The summed E-state index contributed by atoms with van der Waals surface area (Å²) in [6.07, 6.45) is 12.2. The fraction of sp³-hybridized carbons (Fsp3) is 0.706. The normalized spacial score (nSPS) is 11.4. The molecule has 134 valence electrons. The van der Waals surface area contributed by atoms with E-state index < -0.39 is 11.2 Å². The molecule has 0 aliphatic carbocycles. The molecule has 0 aromatic carbocycles. The highest BCUT2D eigenvalue weighted by molar-refractivity contribution is 5.68. The van der Waals surface area contributed by atoms with Crippen LogP contribution < -0.4 is 16.9 Å². The van der Waals surface area contributed by atoms with Crippen LogP contribution in [0.25, 0.3) is 11.2 Å². The van der Waals surface area contributed by atoms with Gasteiger partial charge in [0, 0.05) is 6.54 Å². The Hall–Kier alpha value is -2.05. The van der Waals surface area contributed by atoms with Crippen molar-refractivity contribution in [2.24, 2.45) is 0 Å². The lowest BCUT2D eigenvalue weighted by Crippen LogP contribution is -2.23. The minimum atomic E-state index is -0.594. The zero-order chi connectivity index (χ0) is 17.4. The van der Waals surface area contributed by atoms with E-state index in [1.54, 1.807) is 0 Å². The number of rotatable bonds is 11. The second-order valence-corrected chi connectivity index (χ2v) is 6.40. The number of unbranched alkanes of at least 4 members (excludes halogenated alkanes) is 9. The quantitative estimate of drug-likeness (QED) is 0.549. The number of aryl methyl sites for hydroxylation is 1. The molecule has 24 heavy (non-hydrogen) atoms. The number of aromatic amines is 3. The molecule has 0 aliphatic rings. The molecule has 0 spiro atoms. The topological polar surface area (TPSA) is 104 Å². The van der Waals surface area contributed by atoms with E-state index in [0.29, 0.717) is 6.54 Å². The molecule has 0 radical (unpaired) electrons. The van der Waals surface area contributed by atoms with E-state index in [1.165, 1.54) is 49.5 Å². The van der Waals surface area contributed by atoms with Crippen molar-refractivity contribution in [3.8, 4) is 0 Å². The average Bonchev–Trinajstić information content (AvgIpc) is 2.86. The van der Waals surface area contributed by atoms with Crippen LogP contribution in [-0.4, -0.2) is 19.5 Å². The first-order valence-corrected chi connectivity index (χ1v) is 9.08. The fourth-order valence-corrected chi connectivity index (χ4v) is 3.04. The monoisotopic (exact) mass is 336 g/mol. The molecule has 0 bridgehead atoms. The van der Waals surface area contributed by atoms with Gasteiger partial charge >= 0.3 is 11.4 Å². The predicted molar refractivity (Wildman–Crippen MR) is 95.6 cm³/mol. The van der Waals surface area contributed by atoms with Crippen LogP contribution in [0.5, 0.6) is 0 Å². The fourth-order valence-electron chi connectivity index (χ4n) is 3.04. The second kappa shape index (κ2) is 9.30. The van der Waals surface area contributed by atoms with Crippen molar-refractivity contribution < 1.29 is 0 Å². The van der Waals surface area contributed by atoms with Crippen molar-refractivity contribution >= 4 is 11.2 Å². The number of aromatic nitrogens is 4. The number of hydrogen-bond donors (Lipinski definition) is 3. The molecule has 7 nitrogen and oxygen atoms in total. The molecule has 7 heteroatoms. The SMILES string of the molecule is CCCCCCCCCCCCn1c(=O)[nH]c2c(=O)[nH]c(=O)[nH]c21. The third kappa shape index (κ3) is 4.97. The first kappa shape index (κ1) is 18.3. The standard InChI is InChI=1S/C17H28N4O3/c1-2-3-4-5-6-7-8-9-10-11-12-21-14-13(18-17(21)24)15(22)20-16(23)19-14/h2-12H2,1H3,(H,18,24)(H2,19,20,22,23). The summed E-state index contributed by atoms with van der Waals surface area (Å²) in [5.74, 6) is 0. The van der Waals surface area contributed by atoms with Gasteiger partial charge in [-0.25, -0.2) is 9.59 Å². The number of nitrogens with zero attached hydrogens (tertiary/aromatic N) is 1. The van der Waals surface area contributed by atoms with E-state index in [-0.39, 0.29) is 16.9 Å². The van der Waals surface area contributed by atoms with Gasteiger partial charge in [-0.05, 0) is 6.42 Å². The van der Waals surface area contributed by atoms with Crippen molar-refractivity contribution in [3.05, 3.63) is 31.3 Å². The molecule has 2 aromatic rings. The van der Waals surface area contributed by atoms with Gasteiger partial charge in [-0.15, -0.1) is 0 Å². The molecule has 0 atom stereocenters. The molecule has 0 fully saturated rings. The maximum Gasteiger partial charge on any atom is 0.327 e.